The lowest BCUT2D eigenvalue weighted by Crippen LogP contribution is -2.37. The summed E-state index contributed by atoms with van der Waals surface area (Å²) < 4.78 is 31.4. The summed E-state index contributed by atoms with van der Waals surface area (Å²) in [7, 11) is 4.85. The average molecular weight is 559 g/mol. The molecule has 4 aromatic rings. The van der Waals surface area contributed by atoms with Gasteiger partial charge in [-0.25, -0.2) is 4.79 Å². The number of ether oxygens (including phenoxy) is 5. The minimum atomic E-state index is -1.02. The highest BCUT2D eigenvalue weighted by Gasteiger charge is 2.46. The first-order valence-electron chi connectivity index (χ1n) is 13.4. The van der Waals surface area contributed by atoms with Crippen LogP contribution in [0.4, 0.5) is 0 Å². The Kier molecular flexibility index (Phi) is 8.39. The van der Waals surface area contributed by atoms with Crippen molar-refractivity contribution in [1.82, 2.24) is 9.55 Å². The van der Waals surface area contributed by atoms with Crippen molar-refractivity contribution in [1.29, 1.82) is 0 Å². The van der Waals surface area contributed by atoms with E-state index in [1.807, 2.05) is 85.8 Å². The number of aromatic amines is 1. The standard InChI is InChI=1S/C32H34N2O7/c1-21-27(41-30(29(21)39-4)34-19-18-28(35)33-31(34)36)20-40-32(22-8-6-5-7-9-22,23-10-14-25(37-2)15-11-23)24-12-16-26(38-3)17-13-24/h5-19,21,27,29-30H,20H2,1-4H3,(H,33,35,36)/t21?,27-,29+,30-/m1/s1. The van der Waals surface area contributed by atoms with Crippen LogP contribution in [0.5, 0.6) is 11.5 Å². The quantitative estimate of drug-likeness (QED) is 0.292. The third-order valence-corrected chi connectivity index (χ3v) is 7.73. The maximum Gasteiger partial charge on any atom is 0.330 e. The molecule has 1 aliphatic heterocycles. The molecular weight excluding hydrogens is 524 g/mol. The van der Waals surface area contributed by atoms with Crippen LogP contribution in [0.1, 0.15) is 29.8 Å². The molecular formula is C32H34N2O7. The van der Waals surface area contributed by atoms with Gasteiger partial charge < -0.3 is 23.7 Å². The summed E-state index contributed by atoms with van der Waals surface area (Å²) in [4.78, 5) is 26.6. The van der Waals surface area contributed by atoms with Crippen molar-refractivity contribution in [2.24, 2.45) is 5.92 Å². The summed E-state index contributed by atoms with van der Waals surface area (Å²) in [5, 5.41) is 0. The van der Waals surface area contributed by atoms with E-state index in [1.165, 1.54) is 16.8 Å². The van der Waals surface area contributed by atoms with Gasteiger partial charge in [0.1, 0.15) is 23.2 Å². The van der Waals surface area contributed by atoms with Gasteiger partial charge in [0.25, 0.3) is 5.56 Å². The van der Waals surface area contributed by atoms with Crippen LogP contribution in [0.25, 0.3) is 0 Å². The van der Waals surface area contributed by atoms with Crippen LogP contribution in [0.2, 0.25) is 0 Å². The number of methoxy groups -OCH3 is 3. The van der Waals surface area contributed by atoms with E-state index in [9.17, 15) is 9.59 Å². The molecule has 4 atom stereocenters. The number of benzene rings is 3. The predicted octanol–water partition coefficient (Wildman–Crippen LogP) is 4.11. The Morgan fingerprint density at radius 2 is 1.37 bits per heavy atom. The molecule has 9 nitrogen and oxygen atoms in total. The Labute approximate surface area is 238 Å². The SMILES string of the molecule is COc1ccc(C(OC[C@H]2O[C@@H](n3ccc(=O)[nH]c3=O)[C@@H](OC)C2C)(c2ccccc2)c2ccc(OC)cc2)cc1. The van der Waals surface area contributed by atoms with Crippen molar-refractivity contribution in [3.63, 3.8) is 0 Å². The van der Waals surface area contributed by atoms with Crippen LogP contribution in [0.15, 0.2) is 101 Å². The second-order valence-electron chi connectivity index (χ2n) is 9.96. The summed E-state index contributed by atoms with van der Waals surface area (Å²) >= 11 is 0. The Bertz CT molecular complexity index is 1500. The van der Waals surface area contributed by atoms with Gasteiger partial charge in [-0.2, -0.15) is 0 Å². The summed E-state index contributed by atoms with van der Waals surface area (Å²) in [5.74, 6) is 1.33. The van der Waals surface area contributed by atoms with Crippen LogP contribution < -0.4 is 20.7 Å². The Morgan fingerprint density at radius 1 is 0.805 bits per heavy atom. The molecule has 0 aliphatic carbocycles. The fourth-order valence-electron chi connectivity index (χ4n) is 5.51. The number of hydrogen-bond donors (Lipinski definition) is 1. The molecule has 5 rings (SSSR count). The number of nitrogens with one attached hydrogen (secondary N) is 1. The lowest BCUT2D eigenvalue weighted by atomic mass is 9.80. The van der Waals surface area contributed by atoms with Gasteiger partial charge in [0.2, 0.25) is 0 Å². The molecule has 1 fully saturated rings. The Morgan fingerprint density at radius 3 is 1.88 bits per heavy atom. The van der Waals surface area contributed by atoms with Crippen LogP contribution >= 0.6 is 0 Å². The van der Waals surface area contributed by atoms with Gasteiger partial charge in [-0.15, -0.1) is 0 Å². The normalized spacial score (nSPS) is 20.6. The highest BCUT2D eigenvalue weighted by molar-refractivity contribution is 5.49. The molecule has 0 bridgehead atoms. The molecule has 0 radical (unpaired) electrons. The first-order chi connectivity index (χ1) is 19.9. The van der Waals surface area contributed by atoms with Gasteiger partial charge in [-0.3, -0.25) is 14.3 Å². The molecule has 214 valence electrons. The largest absolute Gasteiger partial charge is 0.497 e. The number of H-pyrrole nitrogens is 1. The third kappa shape index (κ3) is 5.44. The molecule has 0 amide bonds. The third-order valence-electron chi connectivity index (χ3n) is 7.73. The molecule has 41 heavy (non-hydrogen) atoms. The van der Waals surface area contributed by atoms with E-state index in [1.54, 1.807) is 21.3 Å². The van der Waals surface area contributed by atoms with Gasteiger partial charge in [-0.1, -0.05) is 61.5 Å². The van der Waals surface area contributed by atoms with E-state index in [-0.39, 0.29) is 12.5 Å². The van der Waals surface area contributed by atoms with E-state index < -0.39 is 35.3 Å². The molecule has 1 saturated heterocycles. The van der Waals surface area contributed by atoms with E-state index in [2.05, 4.69) is 4.98 Å². The molecule has 1 N–H and O–H groups in total. The maximum absolute atomic E-state index is 12.6. The van der Waals surface area contributed by atoms with Crippen molar-refractivity contribution < 1.29 is 23.7 Å². The lowest BCUT2D eigenvalue weighted by molar-refractivity contribution is -0.0926. The summed E-state index contributed by atoms with van der Waals surface area (Å²) in [6.07, 6.45) is -0.179. The summed E-state index contributed by atoms with van der Waals surface area (Å²) in [6.45, 7) is 2.19. The van der Waals surface area contributed by atoms with Crippen molar-refractivity contribution in [3.8, 4) is 11.5 Å². The van der Waals surface area contributed by atoms with Crippen LogP contribution in [-0.4, -0.2) is 49.7 Å². The molecule has 2 heterocycles. The number of nitrogens with zero attached hydrogens (tertiary/aromatic N) is 1. The second kappa shape index (κ2) is 12.1. The van der Waals surface area contributed by atoms with Gasteiger partial charge >= 0.3 is 5.69 Å². The average Bonchev–Trinajstić information content (AvgIpc) is 3.33. The zero-order valence-electron chi connectivity index (χ0n) is 23.5. The van der Waals surface area contributed by atoms with Crippen molar-refractivity contribution in [3.05, 3.63) is 129 Å². The molecule has 3 aromatic carbocycles. The zero-order valence-corrected chi connectivity index (χ0v) is 23.5. The summed E-state index contributed by atoms with van der Waals surface area (Å²) in [5.41, 5.74) is 0.677. The number of aromatic nitrogens is 2. The topological polar surface area (TPSA) is 101 Å². The van der Waals surface area contributed by atoms with Gasteiger partial charge in [-0.05, 0) is 41.0 Å². The molecule has 1 unspecified atom stereocenters. The first-order valence-corrected chi connectivity index (χ1v) is 13.4. The fraction of sp³-hybridized carbons (Fsp3) is 0.312. The molecule has 0 saturated carbocycles. The van der Waals surface area contributed by atoms with Crippen LogP contribution in [-0.2, 0) is 19.8 Å². The van der Waals surface area contributed by atoms with E-state index in [4.69, 9.17) is 23.7 Å². The first kappa shape index (κ1) is 28.4. The molecule has 1 aromatic heterocycles. The smallest absolute Gasteiger partial charge is 0.330 e. The van der Waals surface area contributed by atoms with E-state index in [0.29, 0.717) is 0 Å². The van der Waals surface area contributed by atoms with Crippen molar-refractivity contribution in [2.45, 2.75) is 31.0 Å². The highest BCUT2D eigenvalue weighted by atomic mass is 16.6. The Hall–Kier alpha value is -4.18. The number of hydrogen-bond acceptors (Lipinski definition) is 7. The predicted molar refractivity (Wildman–Crippen MR) is 153 cm³/mol. The van der Waals surface area contributed by atoms with Crippen molar-refractivity contribution in [2.75, 3.05) is 27.9 Å². The van der Waals surface area contributed by atoms with Crippen molar-refractivity contribution >= 4 is 0 Å². The minimum absolute atomic E-state index is 0.135. The monoisotopic (exact) mass is 558 g/mol. The van der Waals surface area contributed by atoms with Gasteiger partial charge in [0.05, 0.1) is 26.9 Å². The summed E-state index contributed by atoms with van der Waals surface area (Å²) in [6, 6.07) is 26.9. The highest BCUT2D eigenvalue weighted by Crippen LogP contribution is 2.43. The maximum atomic E-state index is 12.6. The zero-order chi connectivity index (χ0) is 29.0. The van der Waals surface area contributed by atoms with E-state index >= 15 is 0 Å². The van der Waals surface area contributed by atoms with E-state index in [0.717, 1.165) is 28.2 Å². The lowest BCUT2D eigenvalue weighted by Gasteiger charge is -2.37. The van der Waals surface area contributed by atoms with Crippen LogP contribution in [0, 0.1) is 5.92 Å². The molecule has 1 aliphatic rings. The molecule has 0 spiro atoms. The fourth-order valence-corrected chi connectivity index (χ4v) is 5.51. The second-order valence-corrected chi connectivity index (χ2v) is 9.96. The number of rotatable bonds is 10. The van der Waals surface area contributed by atoms with Gasteiger partial charge in [0.15, 0.2) is 6.23 Å². The Balaban J connectivity index is 1.57. The molecule has 9 heteroatoms. The van der Waals surface area contributed by atoms with Crippen LogP contribution in [0.3, 0.4) is 0 Å². The minimum Gasteiger partial charge on any atom is -0.497 e. The van der Waals surface area contributed by atoms with Gasteiger partial charge in [0, 0.05) is 25.3 Å².